The molecule has 1 amide bonds. The van der Waals surface area contributed by atoms with Gasteiger partial charge in [0.25, 0.3) is 0 Å². The summed E-state index contributed by atoms with van der Waals surface area (Å²) in [5, 5.41) is 13.1. The number of fused-ring (bicyclic) bond motifs is 2. The van der Waals surface area contributed by atoms with E-state index in [0.29, 0.717) is 29.8 Å². The minimum absolute atomic E-state index is 0.0772. The maximum Gasteiger partial charge on any atom is 0.222 e. The molecule has 0 aromatic carbocycles. The highest BCUT2D eigenvalue weighted by Gasteiger charge is 2.55. The second kappa shape index (κ2) is 4.19. The summed E-state index contributed by atoms with van der Waals surface area (Å²) in [7, 11) is 0. The van der Waals surface area contributed by atoms with Crippen LogP contribution in [0.1, 0.15) is 44.9 Å². The van der Waals surface area contributed by atoms with Crippen molar-refractivity contribution in [1.29, 1.82) is 0 Å². The predicted octanol–water partition coefficient (Wildman–Crippen LogP) is 1.88. The van der Waals surface area contributed by atoms with E-state index in [9.17, 15) is 10.0 Å². The van der Waals surface area contributed by atoms with Gasteiger partial charge in [0.15, 0.2) is 0 Å². The fourth-order valence-electron chi connectivity index (χ4n) is 5.55. The van der Waals surface area contributed by atoms with Gasteiger partial charge in [-0.3, -0.25) is 4.79 Å². The largest absolute Gasteiger partial charge is 0.633 e. The lowest BCUT2D eigenvalue weighted by atomic mass is 9.67. The second-order valence-electron chi connectivity index (χ2n) is 7.10. The molecule has 106 valence electrons. The van der Waals surface area contributed by atoms with Crippen LogP contribution in [0.5, 0.6) is 0 Å². The Bertz CT molecular complexity index is 396. The monoisotopic (exact) mass is 264 g/mol. The Hall–Kier alpha value is -0.610. The van der Waals surface area contributed by atoms with E-state index in [-0.39, 0.29) is 4.65 Å². The molecular formula is C15H24N2O2. The van der Waals surface area contributed by atoms with Crippen molar-refractivity contribution in [2.45, 2.75) is 57.0 Å². The van der Waals surface area contributed by atoms with E-state index in [1.54, 1.807) is 0 Å². The molecule has 4 fully saturated rings. The molecule has 0 aromatic rings. The van der Waals surface area contributed by atoms with E-state index in [4.69, 9.17) is 0 Å². The van der Waals surface area contributed by atoms with Crippen LogP contribution in [-0.4, -0.2) is 47.2 Å². The number of quaternary nitrogens is 1. The van der Waals surface area contributed by atoms with E-state index in [2.05, 4.69) is 4.90 Å². The standard InChI is InChI=1S/C15H24N2O2/c18-14-7-1-6-13-12-5-3-9-17(19)8-2-4-11(15(12)17)10-16(13)14/h11-13,15H,1-10H2/t11-,12+,13-,15+,17-/m1/s1. The number of hydrogen-bond donors (Lipinski definition) is 0. The zero-order valence-corrected chi connectivity index (χ0v) is 11.6. The summed E-state index contributed by atoms with van der Waals surface area (Å²) >= 11 is 0. The summed E-state index contributed by atoms with van der Waals surface area (Å²) in [6.07, 6.45) is 7.38. The van der Waals surface area contributed by atoms with Crippen molar-refractivity contribution in [2.24, 2.45) is 11.8 Å². The van der Waals surface area contributed by atoms with Gasteiger partial charge in [-0.15, -0.1) is 0 Å². The van der Waals surface area contributed by atoms with Crippen molar-refractivity contribution < 1.29 is 9.44 Å². The van der Waals surface area contributed by atoms with E-state index in [1.165, 1.54) is 12.8 Å². The predicted molar refractivity (Wildman–Crippen MR) is 71.9 cm³/mol. The van der Waals surface area contributed by atoms with Crippen LogP contribution >= 0.6 is 0 Å². The number of hydroxylamine groups is 3. The van der Waals surface area contributed by atoms with Crippen molar-refractivity contribution >= 4 is 5.91 Å². The van der Waals surface area contributed by atoms with E-state index in [1.807, 2.05) is 0 Å². The molecule has 0 N–H and O–H groups in total. The minimum Gasteiger partial charge on any atom is -0.633 e. The molecule has 4 aliphatic rings. The van der Waals surface area contributed by atoms with Crippen molar-refractivity contribution in [2.75, 3.05) is 19.6 Å². The molecule has 4 heterocycles. The molecule has 0 aromatic heterocycles. The van der Waals surface area contributed by atoms with E-state index < -0.39 is 0 Å². The van der Waals surface area contributed by atoms with Gasteiger partial charge in [-0.05, 0) is 38.5 Å². The zero-order chi connectivity index (χ0) is 13.0. The third-order valence-corrected chi connectivity index (χ3v) is 6.19. The third kappa shape index (κ3) is 1.69. The maximum atomic E-state index is 13.1. The van der Waals surface area contributed by atoms with Gasteiger partial charge in [0.1, 0.15) is 0 Å². The second-order valence-corrected chi connectivity index (χ2v) is 7.10. The number of rotatable bonds is 0. The van der Waals surface area contributed by atoms with Gasteiger partial charge < -0.3 is 14.8 Å². The molecule has 4 saturated heterocycles. The number of carbonyl (C=O) groups excluding carboxylic acids is 1. The number of hydrogen-bond acceptors (Lipinski definition) is 2. The number of nitrogens with zero attached hydrogens (tertiary/aromatic N) is 2. The molecule has 0 saturated carbocycles. The molecule has 0 unspecified atom stereocenters. The summed E-state index contributed by atoms with van der Waals surface area (Å²) in [6.45, 7) is 2.55. The molecule has 0 aliphatic carbocycles. The van der Waals surface area contributed by atoms with Gasteiger partial charge in [-0.25, -0.2) is 0 Å². The molecule has 4 nitrogen and oxygen atoms in total. The molecule has 4 rings (SSSR count). The smallest absolute Gasteiger partial charge is 0.222 e. The van der Waals surface area contributed by atoms with Crippen LogP contribution in [0, 0.1) is 17.0 Å². The lowest BCUT2D eigenvalue weighted by Gasteiger charge is -2.64. The van der Waals surface area contributed by atoms with Crippen LogP contribution in [0.2, 0.25) is 0 Å². The Morgan fingerprint density at radius 1 is 1.11 bits per heavy atom. The summed E-state index contributed by atoms with van der Waals surface area (Å²) in [5.41, 5.74) is 0. The van der Waals surface area contributed by atoms with Gasteiger partial charge in [0.05, 0.1) is 19.1 Å². The molecule has 4 aliphatic heterocycles. The minimum atomic E-state index is 0.0772. The Balaban J connectivity index is 1.69. The third-order valence-electron chi connectivity index (χ3n) is 6.19. The van der Waals surface area contributed by atoms with Crippen molar-refractivity contribution in [1.82, 2.24) is 4.90 Å². The summed E-state index contributed by atoms with van der Waals surface area (Å²) in [5.74, 6) is 1.33. The molecule has 0 radical (unpaired) electrons. The Morgan fingerprint density at radius 3 is 2.74 bits per heavy atom. The summed E-state index contributed by atoms with van der Waals surface area (Å²) < 4.78 is 0.0772. The topological polar surface area (TPSA) is 43.4 Å². The lowest BCUT2D eigenvalue weighted by molar-refractivity contribution is -0.925. The van der Waals surface area contributed by atoms with Crippen molar-refractivity contribution in [3.63, 3.8) is 0 Å². The Labute approximate surface area is 114 Å². The van der Waals surface area contributed by atoms with Crippen LogP contribution < -0.4 is 0 Å². The first-order chi connectivity index (χ1) is 9.19. The van der Waals surface area contributed by atoms with Crippen LogP contribution in [-0.2, 0) is 4.79 Å². The first-order valence-corrected chi connectivity index (χ1v) is 8.06. The first kappa shape index (κ1) is 12.2. The Morgan fingerprint density at radius 2 is 1.89 bits per heavy atom. The number of carbonyl (C=O) groups is 1. The quantitative estimate of drug-likeness (QED) is 0.495. The molecular weight excluding hydrogens is 240 g/mol. The van der Waals surface area contributed by atoms with Crippen molar-refractivity contribution in [3.05, 3.63) is 5.21 Å². The van der Waals surface area contributed by atoms with Crippen LogP contribution in [0.25, 0.3) is 0 Å². The molecule has 4 heteroatoms. The summed E-state index contributed by atoms with van der Waals surface area (Å²) in [6, 6.07) is 0.710. The fourth-order valence-corrected chi connectivity index (χ4v) is 5.55. The molecule has 0 spiro atoms. The number of amides is 1. The van der Waals surface area contributed by atoms with E-state index >= 15 is 0 Å². The zero-order valence-electron chi connectivity index (χ0n) is 11.6. The van der Waals surface area contributed by atoms with Crippen LogP contribution in [0.3, 0.4) is 0 Å². The first-order valence-electron chi connectivity index (χ1n) is 8.06. The van der Waals surface area contributed by atoms with Crippen LogP contribution in [0.4, 0.5) is 0 Å². The lowest BCUT2D eigenvalue weighted by Crippen LogP contribution is -2.71. The van der Waals surface area contributed by atoms with Gasteiger partial charge >= 0.3 is 0 Å². The van der Waals surface area contributed by atoms with Gasteiger partial charge in [0.2, 0.25) is 5.91 Å². The van der Waals surface area contributed by atoms with E-state index in [0.717, 1.165) is 51.7 Å². The highest BCUT2D eigenvalue weighted by molar-refractivity contribution is 5.77. The average Bonchev–Trinajstić information content (AvgIpc) is 2.40. The highest BCUT2D eigenvalue weighted by atomic mass is 16.5. The molecule has 5 atom stereocenters. The van der Waals surface area contributed by atoms with Gasteiger partial charge in [0, 0.05) is 30.8 Å². The normalized spacial score (nSPS) is 49.5. The van der Waals surface area contributed by atoms with Crippen LogP contribution in [0.15, 0.2) is 0 Å². The fraction of sp³-hybridized carbons (Fsp3) is 0.933. The van der Waals surface area contributed by atoms with Crippen molar-refractivity contribution in [3.8, 4) is 0 Å². The highest BCUT2D eigenvalue weighted by Crippen LogP contribution is 2.47. The number of piperidine rings is 4. The average molecular weight is 264 g/mol. The summed E-state index contributed by atoms with van der Waals surface area (Å²) in [4.78, 5) is 14.3. The maximum absolute atomic E-state index is 13.1. The SMILES string of the molecule is O=C1CCC[C@@H]2[C@@H]3CCC[N@+]4([O-])CCC[C@H](CN12)[C@@H]34. The Kier molecular flexibility index (Phi) is 2.68. The molecule has 19 heavy (non-hydrogen) atoms. The van der Waals surface area contributed by atoms with Gasteiger partial charge in [-0.2, -0.15) is 0 Å². The molecule has 0 bridgehead atoms. The van der Waals surface area contributed by atoms with Gasteiger partial charge in [-0.1, -0.05) is 0 Å².